The van der Waals surface area contributed by atoms with E-state index >= 15 is 0 Å². The van der Waals surface area contributed by atoms with E-state index in [1.54, 1.807) is 7.11 Å². The van der Waals surface area contributed by atoms with Gasteiger partial charge in [-0.1, -0.05) is 6.92 Å². The molecule has 0 aromatic rings. The third kappa shape index (κ3) is 3.34. The summed E-state index contributed by atoms with van der Waals surface area (Å²) >= 11 is 0. The van der Waals surface area contributed by atoms with Gasteiger partial charge in [-0.2, -0.15) is 0 Å². The summed E-state index contributed by atoms with van der Waals surface area (Å²) in [5.74, 6) is -0.401. The van der Waals surface area contributed by atoms with Gasteiger partial charge in [0.15, 0.2) is 0 Å². The van der Waals surface area contributed by atoms with Crippen LogP contribution < -0.4 is 5.73 Å². The Labute approximate surface area is 66.7 Å². The lowest BCUT2D eigenvalue weighted by atomic mass is 10.0. The molecule has 11 heavy (non-hydrogen) atoms. The number of nitrogens with two attached hydrogens (primary N) is 1. The van der Waals surface area contributed by atoms with Crippen molar-refractivity contribution < 1.29 is 14.3 Å². The summed E-state index contributed by atoms with van der Waals surface area (Å²) in [6, 6.07) is -0.583. The van der Waals surface area contributed by atoms with E-state index in [1.807, 2.05) is 6.92 Å². The second kappa shape index (κ2) is 5.09. The number of carbonyl (C=O) groups excluding carboxylic acids is 1. The number of methoxy groups -OCH3 is 2. The van der Waals surface area contributed by atoms with Crippen molar-refractivity contribution in [1.82, 2.24) is 0 Å². The largest absolute Gasteiger partial charge is 0.468 e. The molecule has 0 aromatic heterocycles. The van der Waals surface area contributed by atoms with Gasteiger partial charge in [-0.15, -0.1) is 0 Å². The van der Waals surface area contributed by atoms with Crippen molar-refractivity contribution in [2.24, 2.45) is 11.7 Å². The summed E-state index contributed by atoms with van der Waals surface area (Å²) < 4.78 is 9.29. The fourth-order valence-corrected chi connectivity index (χ4v) is 0.735. The highest BCUT2D eigenvalue weighted by atomic mass is 16.5. The normalized spacial score (nSPS) is 15.6. The molecule has 0 radical (unpaired) electrons. The highest BCUT2D eigenvalue weighted by Crippen LogP contribution is 2.01. The summed E-state index contributed by atoms with van der Waals surface area (Å²) in [5.41, 5.74) is 5.50. The Hall–Kier alpha value is -0.610. The minimum Gasteiger partial charge on any atom is -0.468 e. The first-order valence-corrected chi connectivity index (χ1v) is 3.45. The van der Waals surface area contributed by atoms with E-state index in [-0.39, 0.29) is 5.92 Å². The average molecular weight is 161 g/mol. The van der Waals surface area contributed by atoms with Crippen molar-refractivity contribution in [2.45, 2.75) is 13.0 Å². The van der Waals surface area contributed by atoms with E-state index in [2.05, 4.69) is 4.74 Å². The molecule has 0 fully saturated rings. The highest BCUT2D eigenvalue weighted by Gasteiger charge is 2.20. The predicted molar refractivity (Wildman–Crippen MR) is 41.0 cm³/mol. The Bertz CT molecular complexity index is 127. The zero-order valence-electron chi connectivity index (χ0n) is 7.16. The van der Waals surface area contributed by atoms with E-state index in [1.165, 1.54) is 7.11 Å². The van der Waals surface area contributed by atoms with Crippen LogP contribution in [0.3, 0.4) is 0 Å². The molecule has 2 unspecified atom stereocenters. The van der Waals surface area contributed by atoms with Crippen LogP contribution in [0.25, 0.3) is 0 Å². The molecule has 2 N–H and O–H groups in total. The molecule has 0 amide bonds. The maximum absolute atomic E-state index is 10.8. The number of esters is 1. The van der Waals surface area contributed by atoms with Crippen molar-refractivity contribution in [2.75, 3.05) is 20.8 Å². The third-order valence-electron chi connectivity index (χ3n) is 1.52. The molecule has 0 saturated heterocycles. The van der Waals surface area contributed by atoms with Crippen LogP contribution in [0.5, 0.6) is 0 Å². The average Bonchev–Trinajstić information content (AvgIpc) is 2.02. The van der Waals surface area contributed by atoms with Gasteiger partial charge in [0.2, 0.25) is 0 Å². The molecule has 0 aliphatic rings. The van der Waals surface area contributed by atoms with Crippen molar-refractivity contribution in [3.8, 4) is 0 Å². The second-order valence-electron chi connectivity index (χ2n) is 2.48. The van der Waals surface area contributed by atoms with Gasteiger partial charge >= 0.3 is 5.97 Å². The molecule has 4 heteroatoms. The minimum atomic E-state index is -0.583. The summed E-state index contributed by atoms with van der Waals surface area (Å²) in [7, 11) is 2.89. The molecule has 66 valence electrons. The molecule has 0 heterocycles. The van der Waals surface area contributed by atoms with Gasteiger partial charge in [-0.3, -0.25) is 4.79 Å². The van der Waals surface area contributed by atoms with Gasteiger partial charge in [0, 0.05) is 13.0 Å². The van der Waals surface area contributed by atoms with E-state index in [0.29, 0.717) is 6.61 Å². The summed E-state index contributed by atoms with van der Waals surface area (Å²) in [4.78, 5) is 10.8. The predicted octanol–water partition coefficient (Wildman–Crippen LogP) is -0.231. The fourth-order valence-electron chi connectivity index (χ4n) is 0.735. The lowest BCUT2D eigenvalue weighted by Gasteiger charge is -2.15. The summed E-state index contributed by atoms with van der Waals surface area (Å²) in [6.45, 7) is 2.31. The number of hydrogen-bond donors (Lipinski definition) is 1. The lowest BCUT2D eigenvalue weighted by molar-refractivity contribution is -0.143. The molecule has 0 aliphatic heterocycles. The smallest absolute Gasteiger partial charge is 0.322 e. The molecule has 2 atom stereocenters. The monoisotopic (exact) mass is 161 g/mol. The zero-order valence-corrected chi connectivity index (χ0v) is 7.16. The number of rotatable bonds is 4. The van der Waals surface area contributed by atoms with E-state index in [9.17, 15) is 4.79 Å². The maximum atomic E-state index is 10.8. The number of hydrogen-bond acceptors (Lipinski definition) is 4. The first-order valence-electron chi connectivity index (χ1n) is 3.45. The number of carbonyl (C=O) groups is 1. The molecule has 0 saturated carbocycles. The highest BCUT2D eigenvalue weighted by molar-refractivity contribution is 5.75. The second-order valence-corrected chi connectivity index (χ2v) is 2.48. The van der Waals surface area contributed by atoms with Crippen LogP contribution >= 0.6 is 0 Å². The quantitative estimate of drug-likeness (QED) is 0.578. The lowest BCUT2D eigenvalue weighted by Crippen LogP contribution is -2.39. The van der Waals surface area contributed by atoms with Crippen LogP contribution in [0.1, 0.15) is 6.92 Å². The molecular weight excluding hydrogens is 146 g/mol. The summed E-state index contributed by atoms with van der Waals surface area (Å²) in [5, 5.41) is 0. The van der Waals surface area contributed by atoms with Gasteiger partial charge in [-0.05, 0) is 0 Å². The Morgan fingerprint density at radius 1 is 1.55 bits per heavy atom. The van der Waals surface area contributed by atoms with E-state index in [4.69, 9.17) is 10.5 Å². The van der Waals surface area contributed by atoms with Crippen LogP contribution in [-0.2, 0) is 14.3 Å². The van der Waals surface area contributed by atoms with Gasteiger partial charge in [0.05, 0.1) is 13.7 Å². The van der Waals surface area contributed by atoms with Crippen LogP contribution in [-0.4, -0.2) is 32.8 Å². The maximum Gasteiger partial charge on any atom is 0.322 e. The Morgan fingerprint density at radius 2 is 2.09 bits per heavy atom. The van der Waals surface area contributed by atoms with Crippen LogP contribution in [0.2, 0.25) is 0 Å². The standard InChI is InChI=1S/C7H15NO3/c1-5(4-10-2)6(8)7(9)11-3/h5-6H,4,8H2,1-3H3. The van der Waals surface area contributed by atoms with Gasteiger partial charge in [0.1, 0.15) is 6.04 Å². The van der Waals surface area contributed by atoms with Crippen molar-refractivity contribution in [1.29, 1.82) is 0 Å². The van der Waals surface area contributed by atoms with E-state index in [0.717, 1.165) is 0 Å². The van der Waals surface area contributed by atoms with Crippen LogP contribution in [0.15, 0.2) is 0 Å². The van der Waals surface area contributed by atoms with Gasteiger partial charge < -0.3 is 15.2 Å². The molecule has 0 aromatic carbocycles. The van der Waals surface area contributed by atoms with Crippen molar-refractivity contribution >= 4 is 5.97 Å². The van der Waals surface area contributed by atoms with Gasteiger partial charge in [-0.25, -0.2) is 0 Å². The molecular formula is C7H15NO3. The van der Waals surface area contributed by atoms with Crippen LogP contribution in [0.4, 0.5) is 0 Å². The third-order valence-corrected chi connectivity index (χ3v) is 1.52. The first kappa shape index (κ1) is 10.4. The summed E-state index contributed by atoms with van der Waals surface area (Å²) in [6.07, 6.45) is 0. The van der Waals surface area contributed by atoms with Crippen molar-refractivity contribution in [3.05, 3.63) is 0 Å². The van der Waals surface area contributed by atoms with E-state index < -0.39 is 12.0 Å². The molecule has 0 aliphatic carbocycles. The SMILES string of the molecule is COCC(C)C(N)C(=O)OC. The van der Waals surface area contributed by atoms with Crippen molar-refractivity contribution in [3.63, 3.8) is 0 Å². The molecule has 0 rings (SSSR count). The van der Waals surface area contributed by atoms with Gasteiger partial charge in [0.25, 0.3) is 0 Å². The molecule has 0 bridgehead atoms. The minimum absolute atomic E-state index is 0.00699. The Balaban J connectivity index is 3.80. The fraction of sp³-hybridized carbons (Fsp3) is 0.857. The Kier molecular flexibility index (Phi) is 4.81. The first-order chi connectivity index (χ1) is 5.13. The Morgan fingerprint density at radius 3 is 2.45 bits per heavy atom. The number of ether oxygens (including phenoxy) is 2. The zero-order chi connectivity index (χ0) is 8.85. The molecule has 4 nitrogen and oxygen atoms in total. The topological polar surface area (TPSA) is 61.5 Å². The van der Waals surface area contributed by atoms with Crippen LogP contribution in [0, 0.1) is 5.92 Å². The molecule has 0 spiro atoms.